The Balaban J connectivity index is 1.53. The number of carbonyl (C=O) groups excluding carboxylic acids is 2. The number of piperidine rings is 1. The lowest BCUT2D eigenvalue weighted by Gasteiger charge is -2.32. The van der Waals surface area contributed by atoms with Crippen molar-refractivity contribution in [2.45, 2.75) is 25.8 Å². The number of nitrogens with zero attached hydrogens (tertiary/aromatic N) is 1. The summed E-state index contributed by atoms with van der Waals surface area (Å²) in [5.74, 6) is 1.32. The van der Waals surface area contributed by atoms with Crippen LogP contribution in [-0.2, 0) is 9.59 Å². The van der Waals surface area contributed by atoms with E-state index in [0.717, 1.165) is 25.1 Å². The number of nitrogens with one attached hydrogen (secondary N) is 2. The molecule has 3 rings (SSSR count). The van der Waals surface area contributed by atoms with Gasteiger partial charge in [0.25, 0.3) is 0 Å². The highest BCUT2D eigenvalue weighted by Gasteiger charge is 2.22. The van der Waals surface area contributed by atoms with Crippen LogP contribution in [0.15, 0.2) is 54.6 Å². The topological polar surface area (TPSA) is 70.7 Å². The van der Waals surface area contributed by atoms with Crippen molar-refractivity contribution in [1.82, 2.24) is 10.2 Å². The lowest BCUT2D eigenvalue weighted by atomic mass is 10.1. The van der Waals surface area contributed by atoms with Crippen molar-refractivity contribution >= 4 is 17.5 Å². The average molecular weight is 367 g/mol. The summed E-state index contributed by atoms with van der Waals surface area (Å²) in [6.07, 6.45) is 1.93. The summed E-state index contributed by atoms with van der Waals surface area (Å²) in [5, 5.41) is 5.86. The first-order valence-corrected chi connectivity index (χ1v) is 9.21. The van der Waals surface area contributed by atoms with Crippen molar-refractivity contribution in [2.24, 2.45) is 0 Å². The van der Waals surface area contributed by atoms with E-state index in [0.29, 0.717) is 24.5 Å². The largest absolute Gasteiger partial charge is 0.457 e. The van der Waals surface area contributed by atoms with E-state index in [4.69, 9.17) is 4.74 Å². The van der Waals surface area contributed by atoms with Crippen molar-refractivity contribution in [3.63, 3.8) is 0 Å². The van der Waals surface area contributed by atoms with Crippen molar-refractivity contribution in [3.05, 3.63) is 54.6 Å². The van der Waals surface area contributed by atoms with Gasteiger partial charge >= 0.3 is 0 Å². The van der Waals surface area contributed by atoms with Gasteiger partial charge in [-0.2, -0.15) is 0 Å². The third-order valence-electron chi connectivity index (χ3n) is 4.38. The summed E-state index contributed by atoms with van der Waals surface area (Å²) in [7, 11) is 0. The van der Waals surface area contributed by atoms with Crippen molar-refractivity contribution < 1.29 is 14.3 Å². The lowest BCUT2D eigenvalue weighted by molar-refractivity contribution is -0.120. The SMILES string of the molecule is CC(=O)NC1CCCN(CC(=O)Nc2cccc(Oc3ccccc3)c2)C1. The van der Waals surface area contributed by atoms with Gasteiger partial charge in [0.1, 0.15) is 11.5 Å². The number of rotatable bonds is 6. The maximum Gasteiger partial charge on any atom is 0.238 e. The van der Waals surface area contributed by atoms with E-state index in [-0.39, 0.29) is 17.9 Å². The fourth-order valence-corrected chi connectivity index (χ4v) is 3.27. The second kappa shape index (κ2) is 9.19. The molecule has 1 atom stereocenters. The van der Waals surface area contributed by atoms with E-state index >= 15 is 0 Å². The molecule has 2 amide bonds. The minimum Gasteiger partial charge on any atom is -0.457 e. The molecule has 0 aliphatic carbocycles. The van der Waals surface area contributed by atoms with Crippen LogP contribution in [0.5, 0.6) is 11.5 Å². The zero-order valence-electron chi connectivity index (χ0n) is 15.5. The normalized spacial score (nSPS) is 17.1. The molecular formula is C21H25N3O3. The Bertz CT molecular complexity index is 779. The summed E-state index contributed by atoms with van der Waals surface area (Å²) >= 11 is 0. The fourth-order valence-electron chi connectivity index (χ4n) is 3.27. The van der Waals surface area contributed by atoms with Gasteiger partial charge < -0.3 is 15.4 Å². The molecule has 6 nitrogen and oxygen atoms in total. The molecule has 1 aliphatic heterocycles. The highest BCUT2D eigenvalue weighted by atomic mass is 16.5. The van der Waals surface area contributed by atoms with Gasteiger partial charge in [-0.1, -0.05) is 24.3 Å². The molecule has 0 saturated carbocycles. The van der Waals surface area contributed by atoms with Crippen LogP contribution < -0.4 is 15.4 Å². The van der Waals surface area contributed by atoms with Crippen LogP contribution in [0.1, 0.15) is 19.8 Å². The number of hydrogen-bond acceptors (Lipinski definition) is 4. The van der Waals surface area contributed by atoms with Gasteiger partial charge in [-0.15, -0.1) is 0 Å². The molecule has 1 aliphatic rings. The lowest BCUT2D eigenvalue weighted by Crippen LogP contribution is -2.49. The van der Waals surface area contributed by atoms with Gasteiger partial charge in [-0.25, -0.2) is 0 Å². The number of likely N-dealkylation sites (tertiary alicyclic amines) is 1. The Morgan fingerprint density at radius 3 is 2.67 bits per heavy atom. The van der Waals surface area contributed by atoms with Crippen LogP contribution in [0.2, 0.25) is 0 Å². The second-order valence-corrected chi connectivity index (χ2v) is 6.77. The third-order valence-corrected chi connectivity index (χ3v) is 4.38. The summed E-state index contributed by atoms with van der Waals surface area (Å²) in [5.41, 5.74) is 0.698. The zero-order chi connectivity index (χ0) is 19.1. The van der Waals surface area contributed by atoms with Crippen LogP contribution >= 0.6 is 0 Å². The van der Waals surface area contributed by atoms with Crippen LogP contribution in [0.3, 0.4) is 0 Å². The smallest absolute Gasteiger partial charge is 0.238 e. The summed E-state index contributed by atoms with van der Waals surface area (Å²) in [4.78, 5) is 25.7. The maximum atomic E-state index is 12.4. The van der Waals surface area contributed by atoms with Crippen LogP contribution in [-0.4, -0.2) is 42.4 Å². The molecule has 0 bridgehead atoms. The molecule has 1 heterocycles. The molecule has 1 fully saturated rings. The molecule has 0 aromatic heterocycles. The van der Waals surface area contributed by atoms with E-state index < -0.39 is 0 Å². The quantitative estimate of drug-likeness (QED) is 0.823. The molecule has 2 N–H and O–H groups in total. The van der Waals surface area contributed by atoms with E-state index in [1.165, 1.54) is 6.92 Å². The Labute approximate surface area is 159 Å². The molecule has 1 saturated heterocycles. The van der Waals surface area contributed by atoms with Crippen LogP contribution in [0, 0.1) is 0 Å². The maximum absolute atomic E-state index is 12.4. The molecular weight excluding hydrogens is 342 g/mol. The average Bonchev–Trinajstić information content (AvgIpc) is 2.62. The predicted molar refractivity (Wildman–Crippen MR) is 105 cm³/mol. The monoisotopic (exact) mass is 367 g/mol. The summed E-state index contributed by atoms with van der Waals surface area (Å²) in [6, 6.07) is 17.0. The van der Waals surface area contributed by atoms with Gasteiger partial charge in [-0.3, -0.25) is 14.5 Å². The van der Waals surface area contributed by atoms with Gasteiger partial charge in [-0.05, 0) is 43.7 Å². The van der Waals surface area contributed by atoms with E-state index in [1.54, 1.807) is 6.07 Å². The number of benzene rings is 2. The third kappa shape index (κ3) is 6.11. The minimum atomic E-state index is -0.0738. The van der Waals surface area contributed by atoms with E-state index in [1.807, 2.05) is 48.5 Å². The Hall–Kier alpha value is -2.86. The van der Waals surface area contributed by atoms with E-state index in [2.05, 4.69) is 15.5 Å². The number of ether oxygens (including phenoxy) is 1. The first-order chi connectivity index (χ1) is 13.1. The van der Waals surface area contributed by atoms with Gasteiger partial charge in [0.05, 0.1) is 6.54 Å². The molecule has 142 valence electrons. The number of hydrogen-bond donors (Lipinski definition) is 2. The molecule has 0 radical (unpaired) electrons. The summed E-state index contributed by atoms with van der Waals surface area (Å²) in [6.45, 7) is 3.39. The standard InChI is InChI=1S/C21H25N3O3/c1-16(25)22-18-8-6-12-24(14-18)15-21(26)23-17-7-5-11-20(13-17)27-19-9-3-2-4-10-19/h2-5,7,9-11,13,18H,6,8,12,14-15H2,1H3,(H,22,25)(H,23,26). The molecule has 2 aromatic rings. The summed E-state index contributed by atoms with van der Waals surface area (Å²) < 4.78 is 5.80. The molecule has 0 spiro atoms. The first-order valence-electron chi connectivity index (χ1n) is 9.21. The highest BCUT2D eigenvalue weighted by molar-refractivity contribution is 5.92. The highest BCUT2D eigenvalue weighted by Crippen LogP contribution is 2.23. The zero-order valence-corrected chi connectivity index (χ0v) is 15.5. The van der Waals surface area contributed by atoms with Crippen LogP contribution in [0.4, 0.5) is 5.69 Å². The Morgan fingerprint density at radius 2 is 1.89 bits per heavy atom. The molecule has 1 unspecified atom stereocenters. The van der Waals surface area contributed by atoms with Crippen molar-refractivity contribution in [2.75, 3.05) is 25.0 Å². The Morgan fingerprint density at radius 1 is 1.11 bits per heavy atom. The van der Waals surface area contributed by atoms with Gasteiger partial charge in [0.2, 0.25) is 11.8 Å². The number of anilines is 1. The minimum absolute atomic E-state index is 0.0264. The van der Waals surface area contributed by atoms with E-state index in [9.17, 15) is 9.59 Å². The van der Waals surface area contributed by atoms with Crippen molar-refractivity contribution in [1.29, 1.82) is 0 Å². The molecule has 27 heavy (non-hydrogen) atoms. The first kappa shape index (κ1) is 18.9. The number of amides is 2. The number of carbonyl (C=O) groups is 2. The second-order valence-electron chi connectivity index (χ2n) is 6.77. The van der Waals surface area contributed by atoms with Crippen molar-refractivity contribution in [3.8, 4) is 11.5 Å². The molecule has 2 aromatic carbocycles. The fraction of sp³-hybridized carbons (Fsp3) is 0.333. The van der Waals surface area contributed by atoms with Crippen LogP contribution in [0.25, 0.3) is 0 Å². The predicted octanol–water partition coefficient (Wildman–Crippen LogP) is 3.02. The van der Waals surface area contributed by atoms with Gasteiger partial charge in [0.15, 0.2) is 0 Å². The molecule has 6 heteroatoms. The number of para-hydroxylation sites is 1. The Kier molecular flexibility index (Phi) is 6.44. The van der Waals surface area contributed by atoms with Gasteiger partial charge in [0, 0.05) is 31.3 Å².